The summed E-state index contributed by atoms with van der Waals surface area (Å²) < 4.78 is 0.689. The highest BCUT2D eigenvalue weighted by Gasteiger charge is 2.16. The van der Waals surface area contributed by atoms with E-state index in [-0.39, 0.29) is 0 Å². The van der Waals surface area contributed by atoms with Crippen LogP contribution in [-0.2, 0) is 0 Å². The fourth-order valence-corrected chi connectivity index (χ4v) is 2.83. The molecule has 1 aliphatic rings. The predicted octanol–water partition coefficient (Wildman–Crippen LogP) is 5.17. The van der Waals surface area contributed by atoms with Gasteiger partial charge in [0.2, 0.25) is 0 Å². The maximum absolute atomic E-state index is 2.54. The van der Waals surface area contributed by atoms with E-state index < -0.39 is 0 Å². The van der Waals surface area contributed by atoms with Gasteiger partial charge in [-0.2, -0.15) is 0 Å². The summed E-state index contributed by atoms with van der Waals surface area (Å²) in [6, 6.07) is 8.72. The Morgan fingerprint density at radius 1 is 1.29 bits per heavy atom. The minimum Gasteiger partial charge on any atom is -0.0844 e. The van der Waals surface area contributed by atoms with Crippen molar-refractivity contribution >= 4 is 28.2 Å². The standard InChI is InChI=1S/C16H19I/c1-12-7-3-6-10-16(12)15-9-5-4-8-14(11-15)13(2)17/h3-4,6-10,13-14H,5,11H2,1-2H3/t13-,14+/m1/s1. The Morgan fingerprint density at radius 2 is 2.06 bits per heavy atom. The first kappa shape index (κ1) is 12.9. The zero-order valence-electron chi connectivity index (χ0n) is 10.5. The van der Waals surface area contributed by atoms with Crippen molar-refractivity contribution in [1.29, 1.82) is 0 Å². The highest BCUT2D eigenvalue weighted by atomic mass is 127. The van der Waals surface area contributed by atoms with Gasteiger partial charge in [-0.15, -0.1) is 0 Å². The Hall–Kier alpha value is -0.570. The molecule has 1 heteroatoms. The van der Waals surface area contributed by atoms with Gasteiger partial charge in [0.1, 0.15) is 0 Å². The molecule has 0 heterocycles. The second-order valence-corrected chi connectivity index (χ2v) is 6.72. The van der Waals surface area contributed by atoms with Gasteiger partial charge in [-0.05, 0) is 42.4 Å². The Labute approximate surface area is 118 Å². The lowest BCUT2D eigenvalue weighted by atomic mass is 9.91. The third-order valence-electron chi connectivity index (χ3n) is 3.42. The molecule has 90 valence electrons. The number of alkyl halides is 1. The van der Waals surface area contributed by atoms with Crippen molar-refractivity contribution in [3.63, 3.8) is 0 Å². The van der Waals surface area contributed by atoms with E-state index in [9.17, 15) is 0 Å². The van der Waals surface area contributed by atoms with E-state index in [1.54, 1.807) is 0 Å². The molecule has 1 aliphatic carbocycles. The first-order valence-electron chi connectivity index (χ1n) is 6.24. The summed E-state index contributed by atoms with van der Waals surface area (Å²) in [5, 5.41) is 0. The van der Waals surface area contributed by atoms with E-state index >= 15 is 0 Å². The van der Waals surface area contributed by atoms with Crippen molar-refractivity contribution in [3.8, 4) is 0 Å². The van der Waals surface area contributed by atoms with Crippen molar-refractivity contribution in [3.05, 3.63) is 53.6 Å². The second-order valence-electron chi connectivity index (χ2n) is 4.75. The summed E-state index contributed by atoms with van der Waals surface area (Å²) in [6.07, 6.45) is 9.33. The molecular formula is C16H19I. The molecule has 0 N–H and O–H groups in total. The van der Waals surface area contributed by atoms with Crippen LogP contribution in [0.15, 0.2) is 42.5 Å². The van der Waals surface area contributed by atoms with Gasteiger partial charge in [0.15, 0.2) is 0 Å². The third kappa shape index (κ3) is 3.21. The first-order valence-corrected chi connectivity index (χ1v) is 7.49. The number of hydrogen-bond acceptors (Lipinski definition) is 0. The van der Waals surface area contributed by atoms with Gasteiger partial charge in [-0.3, -0.25) is 0 Å². The number of rotatable bonds is 2. The van der Waals surface area contributed by atoms with Crippen LogP contribution >= 0.6 is 22.6 Å². The summed E-state index contributed by atoms with van der Waals surface area (Å²) in [6.45, 7) is 4.51. The zero-order chi connectivity index (χ0) is 12.3. The largest absolute Gasteiger partial charge is 0.0844 e. The van der Waals surface area contributed by atoms with Gasteiger partial charge >= 0.3 is 0 Å². The van der Waals surface area contributed by atoms with E-state index in [1.807, 2.05) is 0 Å². The molecule has 0 saturated carbocycles. The number of aryl methyl sites for hydroxylation is 1. The molecule has 0 radical (unpaired) electrons. The minimum absolute atomic E-state index is 0.670. The van der Waals surface area contributed by atoms with Crippen molar-refractivity contribution in [1.82, 2.24) is 0 Å². The van der Waals surface area contributed by atoms with Crippen molar-refractivity contribution < 1.29 is 0 Å². The average Bonchev–Trinajstić information content (AvgIpc) is 2.55. The molecular weight excluding hydrogens is 319 g/mol. The summed E-state index contributed by atoms with van der Waals surface area (Å²) in [4.78, 5) is 0. The Kier molecular flexibility index (Phi) is 4.43. The van der Waals surface area contributed by atoms with Crippen LogP contribution in [-0.4, -0.2) is 3.92 Å². The zero-order valence-corrected chi connectivity index (χ0v) is 12.6. The van der Waals surface area contributed by atoms with Crippen LogP contribution in [0.1, 0.15) is 30.9 Å². The number of halogens is 1. The Balaban J connectivity index is 2.28. The highest BCUT2D eigenvalue weighted by Crippen LogP contribution is 2.32. The summed E-state index contributed by atoms with van der Waals surface area (Å²) in [7, 11) is 0. The topological polar surface area (TPSA) is 0 Å². The molecule has 0 amide bonds. The van der Waals surface area contributed by atoms with Crippen LogP contribution in [0.25, 0.3) is 5.57 Å². The molecule has 2 atom stereocenters. The number of hydrogen-bond donors (Lipinski definition) is 0. The third-order valence-corrected chi connectivity index (χ3v) is 4.34. The van der Waals surface area contributed by atoms with Gasteiger partial charge in [0.05, 0.1) is 0 Å². The molecule has 0 nitrogen and oxygen atoms in total. The monoisotopic (exact) mass is 338 g/mol. The summed E-state index contributed by atoms with van der Waals surface area (Å²) in [5.41, 5.74) is 4.33. The molecule has 0 bridgehead atoms. The Morgan fingerprint density at radius 3 is 2.76 bits per heavy atom. The quantitative estimate of drug-likeness (QED) is 0.397. The van der Waals surface area contributed by atoms with E-state index in [0.717, 1.165) is 6.42 Å². The molecule has 1 aromatic carbocycles. The molecule has 17 heavy (non-hydrogen) atoms. The van der Waals surface area contributed by atoms with E-state index in [4.69, 9.17) is 0 Å². The highest BCUT2D eigenvalue weighted by molar-refractivity contribution is 14.1. The fourth-order valence-electron chi connectivity index (χ4n) is 2.34. The van der Waals surface area contributed by atoms with E-state index in [0.29, 0.717) is 9.84 Å². The molecule has 0 unspecified atom stereocenters. The molecule has 2 rings (SSSR count). The maximum Gasteiger partial charge on any atom is 0.0147 e. The van der Waals surface area contributed by atoms with Crippen LogP contribution in [0.4, 0.5) is 0 Å². The lowest BCUT2D eigenvalue weighted by molar-refractivity contribution is 0.682. The molecule has 0 fully saturated rings. The first-order chi connectivity index (χ1) is 8.18. The van der Waals surface area contributed by atoms with Gasteiger partial charge in [0.25, 0.3) is 0 Å². The normalized spacial score (nSPS) is 21.8. The smallest absolute Gasteiger partial charge is 0.0147 e. The summed E-state index contributed by atoms with van der Waals surface area (Å²) in [5.74, 6) is 0.670. The average molecular weight is 338 g/mol. The number of benzene rings is 1. The molecule has 0 aromatic heterocycles. The minimum atomic E-state index is 0.670. The lowest BCUT2D eigenvalue weighted by Crippen LogP contribution is -2.08. The van der Waals surface area contributed by atoms with Crippen molar-refractivity contribution in [2.24, 2.45) is 5.92 Å². The second kappa shape index (κ2) is 5.85. The SMILES string of the molecule is Cc1ccccc1C1=CCC=C[C@H]([C@@H](C)I)C1. The van der Waals surface area contributed by atoms with E-state index in [2.05, 4.69) is 78.9 Å². The van der Waals surface area contributed by atoms with Crippen molar-refractivity contribution in [2.75, 3.05) is 0 Å². The van der Waals surface area contributed by atoms with Crippen LogP contribution in [0.2, 0.25) is 0 Å². The van der Waals surface area contributed by atoms with Gasteiger partial charge in [0, 0.05) is 3.92 Å². The van der Waals surface area contributed by atoms with Crippen LogP contribution < -0.4 is 0 Å². The predicted molar refractivity (Wildman–Crippen MR) is 84.5 cm³/mol. The van der Waals surface area contributed by atoms with Crippen LogP contribution in [0.5, 0.6) is 0 Å². The molecule has 0 spiro atoms. The summed E-state index contributed by atoms with van der Waals surface area (Å²) >= 11 is 2.54. The molecule has 1 aromatic rings. The van der Waals surface area contributed by atoms with E-state index in [1.165, 1.54) is 23.1 Å². The van der Waals surface area contributed by atoms with Gasteiger partial charge in [-0.1, -0.05) is 72.0 Å². The van der Waals surface area contributed by atoms with Gasteiger partial charge in [-0.25, -0.2) is 0 Å². The van der Waals surface area contributed by atoms with Crippen LogP contribution in [0, 0.1) is 12.8 Å². The Bertz CT molecular complexity index is 441. The van der Waals surface area contributed by atoms with Crippen molar-refractivity contribution in [2.45, 2.75) is 30.6 Å². The number of allylic oxidation sites excluding steroid dienone is 4. The maximum atomic E-state index is 2.54. The molecule has 0 aliphatic heterocycles. The van der Waals surface area contributed by atoms with Gasteiger partial charge < -0.3 is 0 Å². The molecule has 0 saturated heterocycles. The van der Waals surface area contributed by atoms with Crippen LogP contribution in [0.3, 0.4) is 0 Å². The lowest BCUT2D eigenvalue weighted by Gasteiger charge is -2.18. The fraction of sp³-hybridized carbons (Fsp3) is 0.375.